The summed E-state index contributed by atoms with van der Waals surface area (Å²) in [6, 6.07) is 4.23. The van der Waals surface area contributed by atoms with Gasteiger partial charge in [0.15, 0.2) is 0 Å². The van der Waals surface area contributed by atoms with Gasteiger partial charge in [-0.3, -0.25) is 29.4 Å². The zero-order chi connectivity index (χ0) is 20.9. The highest BCUT2D eigenvalue weighted by atomic mass is 16.6. The number of imide groups is 1. The lowest BCUT2D eigenvalue weighted by atomic mass is 9.62. The number of fused-ring (bicyclic) bond motifs is 2. The number of amides is 3. The normalized spacial score (nSPS) is 25.7. The molecule has 8 heteroatoms. The quantitative estimate of drug-likeness (QED) is 0.474. The maximum absolute atomic E-state index is 13.0. The van der Waals surface area contributed by atoms with Crippen LogP contribution in [0.2, 0.25) is 0 Å². The van der Waals surface area contributed by atoms with Gasteiger partial charge in [-0.15, -0.1) is 0 Å². The Bertz CT molecular complexity index is 879. The Morgan fingerprint density at radius 2 is 2.00 bits per heavy atom. The van der Waals surface area contributed by atoms with Crippen LogP contribution in [0.5, 0.6) is 0 Å². The van der Waals surface area contributed by atoms with E-state index in [-0.39, 0.29) is 41.8 Å². The molecule has 2 bridgehead atoms. The van der Waals surface area contributed by atoms with E-state index >= 15 is 0 Å². The third-order valence-electron chi connectivity index (χ3n) is 6.78. The number of aryl methyl sites for hydroxylation is 1. The minimum atomic E-state index is -0.599. The second-order valence-electron chi connectivity index (χ2n) is 8.49. The summed E-state index contributed by atoms with van der Waals surface area (Å²) in [5, 5.41) is 13.6. The molecule has 1 heterocycles. The Morgan fingerprint density at radius 3 is 2.64 bits per heavy atom. The zero-order valence-electron chi connectivity index (χ0n) is 16.6. The van der Waals surface area contributed by atoms with Crippen LogP contribution in [0.1, 0.15) is 45.6 Å². The fraction of sp³-hybridized carbons (Fsp3) is 0.550. The van der Waals surface area contributed by atoms with Crippen molar-refractivity contribution in [3.05, 3.63) is 33.9 Å². The van der Waals surface area contributed by atoms with E-state index in [1.165, 1.54) is 17.0 Å². The largest absolute Gasteiger partial charge is 0.326 e. The summed E-state index contributed by atoms with van der Waals surface area (Å²) in [6.07, 6.45) is 1.30. The third-order valence-corrected chi connectivity index (χ3v) is 6.78. The number of nitrogens with one attached hydrogen (secondary N) is 1. The first-order valence-electron chi connectivity index (χ1n) is 9.40. The van der Waals surface area contributed by atoms with E-state index in [9.17, 15) is 24.5 Å². The number of hydrogen-bond donors (Lipinski definition) is 1. The summed E-state index contributed by atoms with van der Waals surface area (Å²) in [4.78, 5) is 49.7. The second kappa shape index (κ2) is 6.68. The highest BCUT2D eigenvalue weighted by Gasteiger charge is 2.64. The standard InChI is InChI=1S/C20H25N3O5/c1-12-5-6-13(23(27)28)11-15(12)21-16(24)8-10-22-17(25)14-7-9-20(4,18(22)26)19(14,2)3/h5-6,11,14H,7-10H2,1-4H3,(H,21,24). The van der Waals surface area contributed by atoms with E-state index in [4.69, 9.17) is 0 Å². The number of non-ortho nitro benzene ring substituents is 1. The van der Waals surface area contributed by atoms with Gasteiger partial charge >= 0.3 is 0 Å². The molecule has 1 aromatic rings. The number of hydrogen-bond acceptors (Lipinski definition) is 5. The number of nitrogens with zero attached hydrogens (tertiary/aromatic N) is 2. The van der Waals surface area contributed by atoms with Crippen molar-refractivity contribution in [2.75, 3.05) is 11.9 Å². The number of piperidine rings is 1. The zero-order valence-corrected chi connectivity index (χ0v) is 16.6. The molecule has 2 fully saturated rings. The van der Waals surface area contributed by atoms with Crippen molar-refractivity contribution in [1.29, 1.82) is 0 Å². The molecule has 2 unspecified atom stereocenters. The second-order valence-corrected chi connectivity index (χ2v) is 8.49. The number of carbonyl (C=O) groups excluding carboxylic acids is 3. The first-order chi connectivity index (χ1) is 13.0. The lowest BCUT2D eigenvalue weighted by molar-refractivity contribution is -0.384. The number of rotatable bonds is 5. The van der Waals surface area contributed by atoms with E-state index < -0.39 is 16.2 Å². The van der Waals surface area contributed by atoms with Gasteiger partial charge in [-0.05, 0) is 30.7 Å². The van der Waals surface area contributed by atoms with E-state index in [0.29, 0.717) is 24.1 Å². The van der Waals surface area contributed by atoms with E-state index in [2.05, 4.69) is 5.32 Å². The Morgan fingerprint density at radius 1 is 1.32 bits per heavy atom. The van der Waals surface area contributed by atoms with Gasteiger partial charge in [0.1, 0.15) is 0 Å². The van der Waals surface area contributed by atoms with Crippen LogP contribution in [0.3, 0.4) is 0 Å². The lowest BCUT2D eigenvalue weighted by Gasteiger charge is -2.47. The minimum absolute atomic E-state index is 0.0135. The number of benzene rings is 1. The van der Waals surface area contributed by atoms with Crippen LogP contribution in [0, 0.1) is 33.8 Å². The van der Waals surface area contributed by atoms with Crippen LogP contribution in [0.4, 0.5) is 11.4 Å². The van der Waals surface area contributed by atoms with Crippen molar-refractivity contribution in [3.8, 4) is 0 Å². The van der Waals surface area contributed by atoms with Crippen molar-refractivity contribution >= 4 is 29.1 Å². The lowest BCUT2D eigenvalue weighted by Crippen LogP contribution is -2.59. The molecule has 1 saturated heterocycles. The van der Waals surface area contributed by atoms with Gasteiger partial charge in [0.05, 0.1) is 16.0 Å². The molecule has 8 nitrogen and oxygen atoms in total. The molecule has 1 aromatic carbocycles. The first kappa shape index (κ1) is 20.0. The summed E-state index contributed by atoms with van der Waals surface area (Å²) in [7, 11) is 0. The number of nitro groups is 1. The van der Waals surface area contributed by atoms with Gasteiger partial charge in [0.25, 0.3) is 5.69 Å². The molecule has 150 valence electrons. The molecule has 1 aliphatic heterocycles. The van der Waals surface area contributed by atoms with Crippen molar-refractivity contribution in [2.45, 2.75) is 47.0 Å². The van der Waals surface area contributed by atoms with Crippen LogP contribution in [-0.4, -0.2) is 34.1 Å². The molecule has 1 saturated carbocycles. The number of nitro benzene ring substituents is 1. The maximum Gasteiger partial charge on any atom is 0.271 e. The number of carbonyl (C=O) groups is 3. The van der Waals surface area contributed by atoms with Crippen molar-refractivity contribution < 1.29 is 19.3 Å². The number of anilines is 1. The van der Waals surface area contributed by atoms with Gasteiger partial charge in [0, 0.05) is 31.0 Å². The molecule has 2 atom stereocenters. The topological polar surface area (TPSA) is 110 Å². The van der Waals surface area contributed by atoms with Gasteiger partial charge in [-0.25, -0.2) is 0 Å². The predicted molar refractivity (Wildman–Crippen MR) is 102 cm³/mol. The van der Waals surface area contributed by atoms with Gasteiger partial charge in [-0.2, -0.15) is 0 Å². The van der Waals surface area contributed by atoms with E-state index in [0.717, 1.165) is 0 Å². The fourth-order valence-corrected chi connectivity index (χ4v) is 4.40. The Hall–Kier alpha value is -2.77. The summed E-state index contributed by atoms with van der Waals surface area (Å²) in [5.41, 5.74) is -0.0624. The summed E-state index contributed by atoms with van der Waals surface area (Å²) >= 11 is 0. The average molecular weight is 387 g/mol. The Kier molecular flexibility index (Phi) is 4.77. The molecule has 3 amide bonds. The Balaban J connectivity index is 1.69. The van der Waals surface area contributed by atoms with Crippen LogP contribution in [0.15, 0.2) is 18.2 Å². The molecule has 3 rings (SSSR count). The molecular formula is C20H25N3O5. The van der Waals surface area contributed by atoms with Gasteiger partial charge in [0.2, 0.25) is 17.7 Å². The van der Waals surface area contributed by atoms with Crippen LogP contribution < -0.4 is 5.32 Å². The SMILES string of the molecule is Cc1ccc([N+](=O)[O-])cc1NC(=O)CCN1C(=O)C2CCC(C)(C1=O)C2(C)C. The molecule has 1 aliphatic carbocycles. The van der Waals surface area contributed by atoms with E-state index in [1.807, 2.05) is 20.8 Å². The van der Waals surface area contributed by atoms with Crippen molar-refractivity contribution in [2.24, 2.45) is 16.7 Å². The molecular weight excluding hydrogens is 362 g/mol. The summed E-state index contributed by atoms with van der Waals surface area (Å²) in [6.45, 7) is 7.59. The smallest absolute Gasteiger partial charge is 0.271 e. The molecule has 0 radical (unpaired) electrons. The highest BCUT2D eigenvalue weighted by Crippen LogP contribution is 2.60. The van der Waals surface area contributed by atoms with Crippen LogP contribution in [0.25, 0.3) is 0 Å². The molecule has 0 spiro atoms. The van der Waals surface area contributed by atoms with Crippen LogP contribution >= 0.6 is 0 Å². The number of likely N-dealkylation sites (tertiary alicyclic amines) is 1. The monoisotopic (exact) mass is 387 g/mol. The highest BCUT2D eigenvalue weighted by molar-refractivity contribution is 6.04. The minimum Gasteiger partial charge on any atom is -0.326 e. The third kappa shape index (κ3) is 2.96. The molecule has 28 heavy (non-hydrogen) atoms. The van der Waals surface area contributed by atoms with Crippen molar-refractivity contribution in [1.82, 2.24) is 4.90 Å². The first-order valence-corrected chi connectivity index (χ1v) is 9.40. The van der Waals surface area contributed by atoms with Crippen molar-refractivity contribution in [3.63, 3.8) is 0 Å². The van der Waals surface area contributed by atoms with Gasteiger partial charge < -0.3 is 5.32 Å². The van der Waals surface area contributed by atoms with Gasteiger partial charge in [-0.1, -0.05) is 26.8 Å². The maximum atomic E-state index is 13.0. The van der Waals surface area contributed by atoms with Crippen LogP contribution in [-0.2, 0) is 14.4 Å². The molecule has 0 aromatic heterocycles. The predicted octanol–water partition coefficient (Wildman–Crippen LogP) is 3.04. The van der Waals surface area contributed by atoms with E-state index in [1.54, 1.807) is 13.0 Å². The summed E-state index contributed by atoms with van der Waals surface area (Å²) in [5.74, 6) is -1.02. The molecule has 2 aliphatic rings. The Labute approximate surface area is 163 Å². The molecule has 1 N–H and O–H groups in total. The fourth-order valence-electron chi connectivity index (χ4n) is 4.40. The summed E-state index contributed by atoms with van der Waals surface area (Å²) < 4.78 is 0. The average Bonchev–Trinajstić information content (AvgIpc) is 2.80.